The molecule has 0 nitrogen and oxygen atoms in total. The molecule has 8 atom stereocenters. The second kappa shape index (κ2) is 3.62. The van der Waals surface area contributed by atoms with Crippen LogP contribution >= 0.6 is 0 Å². The predicted molar refractivity (Wildman–Crippen MR) is 81.0 cm³/mol. The Morgan fingerprint density at radius 2 is 1.00 bits per heavy atom. The SMILES string of the molecule is C1=C(C2=C[C@@H]3CC[C@H]4CC[C@@H]2[C@H]43)[C@H]2CC[C@@H]3CC[C@@H]1[C@@H]32. The van der Waals surface area contributed by atoms with Crippen LogP contribution in [0.25, 0.3) is 0 Å². The van der Waals surface area contributed by atoms with Crippen molar-refractivity contribution in [3.8, 4) is 0 Å². The van der Waals surface area contributed by atoms with Crippen molar-refractivity contribution in [2.45, 2.75) is 51.4 Å². The third-order valence-corrected chi connectivity index (χ3v) is 8.36. The van der Waals surface area contributed by atoms with Crippen molar-refractivity contribution in [3.05, 3.63) is 23.3 Å². The molecule has 0 saturated heterocycles. The van der Waals surface area contributed by atoms with E-state index in [4.69, 9.17) is 0 Å². The Balaban J connectivity index is 1.41. The van der Waals surface area contributed by atoms with E-state index in [-0.39, 0.29) is 0 Å². The van der Waals surface area contributed by atoms with Crippen LogP contribution in [0.15, 0.2) is 23.3 Å². The molecule has 6 aliphatic rings. The highest BCUT2D eigenvalue weighted by Crippen LogP contribution is 2.64. The summed E-state index contributed by atoms with van der Waals surface area (Å²) in [5, 5.41) is 0. The Morgan fingerprint density at radius 3 is 1.50 bits per heavy atom. The molecule has 6 rings (SSSR count). The molecule has 0 N–H and O–H groups in total. The third kappa shape index (κ3) is 1.18. The normalized spacial score (nSPS) is 58.0. The van der Waals surface area contributed by atoms with Gasteiger partial charge in [0.2, 0.25) is 0 Å². The first kappa shape index (κ1) is 11.1. The fourth-order valence-electron chi connectivity index (χ4n) is 7.83. The first-order valence-electron chi connectivity index (χ1n) is 9.34. The molecule has 0 heterocycles. The zero-order chi connectivity index (χ0) is 12.8. The van der Waals surface area contributed by atoms with Gasteiger partial charge in [-0.1, -0.05) is 12.2 Å². The highest BCUT2D eigenvalue weighted by molar-refractivity contribution is 5.45. The highest BCUT2D eigenvalue weighted by atomic mass is 14.6. The van der Waals surface area contributed by atoms with Crippen LogP contribution in [0.2, 0.25) is 0 Å². The van der Waals surface area contributed by atoms with Gasteiger partial charge < -0.3 is 0 Å². The van der Waals surface area contributed by atoms with E-state index in [2.05, 4.69) is 12.2 Å². The van der Waals surface area contributed by atoms with E-state index in [1.807, 2.05) is 11.1 Å². The first-order chi connectivity index (χ1) is 9.90. The molecule has 0 aromatic rings. The molecule has 4 saturated carbocycles. The van der Waals surface area contributed by atoms with Crippen LogP contribution in [0.5, 0.6) is 0 Å². The van der Waals surface area contributed by atoms with E-state index in [9.17, 15) is 0 Å². The summed E-state index contributed by atoms with van der Waals surface area (Å²) in [6.07, 6.45) is 17.9. The van der Waals surface area contributed by atoms with Crippen LogP contribution in [0.1, 0.15) is 51.4 Å². The van der Waals surface area contributed by atoms with Crippen LogP contribution < -0.4 is 0 Å². The predicted octanol–water partition coefficient (Wildman–Crippen LogP) is 4.97. The maximum atomic E-state index is 2.79. The maximum Gasteiger partial charge on any atom is -0.0126 e. The topological polar surface area (TPSA) is 0 Å². The zero-order valence-corrected chi connectivity index (χ0v) is 12.4. The van der Waals surface area contributed by atoms with Crippen molar-refractivity contribution in [2.75, 3.05) is 0 Å². The van der Waals surface area contributed by atoms with Crippen LogP contribution in [-0.2, 0) is 0 Å². The Kier molecular flexibility index (Phi) is 2.01. The van der Waals surface area contributed by atoms with Gasteiger partial charge in [0, 0.05) is 0 Å². The summed E-state index contributed by atoms with van der Waals surface area (Å²) in [6.45, 7) is 0. The van der Waals surface area contributed by atoms with Gasteiger partial charge in [-0.25, -0.2) is 0 Å². The molecule has 0 heteroatoms. The van der Waals surface area contributed by atoms with E-state index in [1.165, 1.54) is 25.7 Å². The average Bonchev–Trinajstić information content (AvgIpc) is 3.18. The second-order valence-corrected chi connectivity index (χ2v) is 8.77. The monoisotopic (exact) mass is 266 g/mol. The minimum atomic E-state index is 0.987. The number of hydrogen-bond donors (Lipinski definition) is 0. The van der Waals surface area contributed by atoms with Crippen LogP contribution in [0, 0.1) is 47.3 Å². The average molecular weight is 266 g/mol. The summed E-state index contributed by atoms with van der Waals surface area (Å²) in [5.41, 5.74) is 3.78. The molecule has 0 spiro atoms. The molecular weight excluding hydrogens is 240 g/mol. The van der Waals surface area contributed by atoms with Crippen molar-refractivity contribution in [2.24, 2.45) is 47.3 Å². The van der Waals surface area contributed by atoms with Crippen molar-refractivity contribution in [1.82, 2.24) is 0 Å². The lowest BCUT2D eigenvalue weighted by Gasteiger charge is -2.22. The van der Waals surface area contributed by atoms with E-state index < -0.39 is 0 Å². The van der Waals surface area contributed by atoms with Gasteiger partial charge in [-0.3, -0.25) is 0 Å². The molecule has 0 aromatic heterocycles. The summed E-state index contributed by atoms with van der Waals surface area (Å²) >= 11 is 0. The smallest absolute Gasteiger partial charge is 0.0126 e. The lowest BCUT2D eigenvalue weighted by molar-refractivity contribution is 0.356. The molecule has 106 valence electrons. The Hall–Kier alpha value is -0.520. The Morgan fingerprint density at radius 1 is 0.550 bits per heavy atom. The van der Waals surface area contributed by atoms with Gasteiger partial charge in [-0.15, -0.1) is 0 Å². The zero-order valence-electron chi connectivity index (χ0n) is 12.4. The molecule has 0 aliphatic heterocycles. The van der Waals surface area contributed by atoms with Gasteiger partial charge in [0.1, 0.15) is 0 Å². The highest BCUT2D eigenvalue weighted by Gasteiger charge is 2.54. The third-order valence-electron chi connectivity index (χ3n) is 8.36. The van der Waals surface area contributed by atoms with E-state index >= 15 is 0 Å². The molecule has 0 bridgehead atoms. The fraction of sp³-hybridized carbons (Fsp3) is 0.800. The lowest BCUT2D eigenvalue weighted by atomic mass is 9.82. The number of rotatable bonds is 1. The Labute approximate surface area is 122 Å². The van der Waals surface area contributed by atoms with Gasteiger partial charge in [-0.05, 0) is 110 Å². The molecular formula is C20H26. The lowest BCUT2D eigenvalue weighted by Crippen LogP contribution is -2.15. The van der Waals surface area contributed by atoms with E-state index in [0.717, 1.165) is 47.3 Å². The second-order valence-electron chi connectivity index (χ2n) is 8.77. The summed E-state index contributed by atoms with van der Waals surface area (Å²) in [4.78, 5) is 0. The first-order valence-corrected chi connectivity index (χ1v) is 9.34. The summed E-state index contributed by atoms with van der Waals surface area (Å²) in [7, 11) is 0. The van der Waals surface area contributed by atoms with Crippen molar-refractivity contribution < 1.29 is 0 Å². The Bertz CT molecular complexity index is 476. The summed E-state index contributed by atoms with van der Waals surface area (Å²) < 4.78 is 0. The molecule has 6 aliphatic carbocycles. The minimum absolute atomic E-state index is 0.987. The number of allylic oxidation sites excluding steroid dienone is 4. The van der Waals surface area contributed by atoms with Crippen LogP contribution in [0.4, 0.5) is 0 Å². The van der Waals surface area contributed by atoms with Crippen LogP contribution in [-0.4, -0.2) is 0 Å². The summed E-state index contributed by atoms with van der Waals surface area (Å²) in [6, 6.07) is 0. The molecule has 0 unspecified atom stereocenters. The largest absolute Gasteiger partial charge is 0.0773 e. The van der Waals surface area contributed by atoms with E-state index in [0.29, 0.717) is 0 Å². The molecule has 20 heavy (non-hydrogen) atoms. The van der Waals surface area contributed by atoms with Crippen molar-refractivity contribution in [3.63, 3.8) is 0 Å². The van der Waals surface area contributed by atoms with Gasteiger partial charge >= 0.3 is 0 Å². The van der Waals surface area contributed by atoms with Gasteiger partial charge in [-0.2, -0.15) is 0 Å². The molecule has 4 fully saturated rings. The minimum Gasteiger partial charge on any atom is -0.0773 e. The molecule has 0 aromatic carbocycles. The van der Waals surface area contributed by atoms with E-state index in [1.54, 1.807) is 25.7 Å². The molecule has 0 amide bonds. The molecule has 0 radical (unpaired) electrons. The van der Waals surface area contributed by atoms with Crippen molar-refractivity contribution >= 4 is 0 Å². The van der Waals surface area contributed by atoms with Crippen LogP contribution in [0.3, 0.4) is 0 Å². The van der Waals surface area contributed by atoms with Gasteiger partial charge in [0.15, 0.2) is 0 Å². The van der Waals surface area contributed by atoms with Gasteiger partial charge in [0.25, 0.3) is 0 Å². The number of hydrogen-bond acceptors (Lipinski definition) is 0. The fourth-order valence-corrected chi connectivity index (χ4v) is 7.83. The maximum absolute atomic E-state index is 2.79. The van der Waals surface area contributed by atoms with Gasteiger partial charge in [0.05, 0.1) is 0 Å². The standard InChI is InChI=1S/C20H26/c1-3-13-9-17(15-7-5-11(1)19(13)15)18-10-14-4-2-12-6-8-16(18)20(12)14/h9-16,19-20H,1-8H2/t11-,12-,13-,14-,15-,16+,19+,20+/m0/s1. The summed E-state index contributed by atoms with van der Waals surface area (Å²) in [5.74, 6) is 8.36. The van der Waals surface area contributed by atoms with Crippen molar-refractivity contribution in [1.29, 1.82) is 0 Å². The quantitative estimate of drug-likeness (QED) is 0.628.